The maximum Gasteiger partial charge on any atom is 0.0714 e. The first-order valence-corrected chi connectivity index (χ1v) is 22.8. The van der Waals surface area contributed by atoms with Crippen LogP contribution in [0.15, 0.2) is 273 Å². The van der Waals surface area contributed by atoms with Crippen LogP contribution < -0.4 is 4.90 Å². The Morgan fingerprint density at radius 1 is 0.258 bits per heavy atom. The van der Waals surface area contributed by atoms with Gasteiger partial charge in [-0.2, -0.15) is 0 Å². The molecular formula is C65H45N. The van der Waals surface area contributed by atoms with E-state index in [1.54, 1.807) is 0 Å². The highest BCUT2D eigenvalue weighted by atomic mass is 15.1. The van der Waals surface area contributed by atoms with Crippen molar-refractivity contribution in [1.82, 2.24) is 0 Å². The first kappa shape index (κ1) is 39.1. The van der Waals surface area contributed by atoms with E-state index in [-0.39, 0.29) is 0 Å². The van der Waals surface area contributed by atoms with Crippen molar-refractivity contribution in [3.05, 3.63) is 295 Å². The second-order valence-corrected chi connectivity index (χ2v) is 17.2. The molecule has 1 aliphatic carbocycles. The third-order valence-electron chi connectivity index (χ3n) is 13.5. The zero-order valence-electron chi connectivity index (χ0n) is 36.4. The molecule has 0 spiro atoms. The summed E-state index contributed by atoms with van der Waals surface area (Å²) in [6.07, 6.45) is 0. The van der Waals surface area contributed by atoms with Gasteiger partial charge >= 0.3 is 0 Å². The average molecular weight is 840 g/mol. The molecule has 0 bridgehead atoms. The lowest BCUT2D eigenvalue weighted by Crippen LogP contribution is -2.28. The predicted molar refractivity (Wildman–Crippen MR) is 278 cm³/mol. The van der Waals surface area contributed by atoms with E-state index in [0.717, 1.165) is 33.8 Å². The minimum Gasteiger partial charge on any atom is -0.309 e. The molecule has 0 aliphatic heterocycles. The number of rotatable bonds is 9. The van der Waals surface area contributed by atoms with E-state index in [4.69, 9.17) is 0 Å². The van der Waals surface area contributed by atoms with E-state index in [1.807, 2.05) is 0 Å². The van der Waals surface area contributed by atoms with Crippen LogP contribution in [0, 0.1) is 0 Å². The summed E-state index contributed by atoms with van der Waals surface area (Å²) in [6, 6.07) is 100. The first-order chi connectivity index (χ1) is 32.7. The van der Waals surface area contributed by atoms with Gasteiger partial charge in [0.1, 0.15) is 0 Å². The van der Waals surface area contributed by atoms with Crippen LogP contribution in [0.3, 0.4) is 0 Å². The summed E-state index contributed by atoms with van der Waals surface area (Å²) in [4.78, 5) is 2.53. The van der Waals surface area contributed by atoms with E-state index < -0.39 is 5.41 Å². The van der Waals surface area contributed by atoms with E-state index in [9.17, 15) is 0 Å². The van der Waals surface area contributed by atoms with Gasteiger partial charge in [-0.05, 0) is 114 Å². The fourth-order valence-corrected chi connectivity index (χ4v) is 10.5. The fourth-order valence-electron chi connectivity index (χ4n) is 10.5. The molecule has 0 amide bonds. The summed E-state index contributed by atoms with van der Waals surface area (Å²) < 4.78 is 0. The molecule has 0 atom stereocenters. The summed E-state index contributed by atoms with van der Waals surface area (Å²) in [5.74, 6) is 0. The predicted octanol–water partition coefficient (Wildman–Crippen LogP) is 17.3. The van der Waals surface area contributed by atoms with Gasteiger partial charge < -0.3 is 4.90 Å². The smallest absolute Gasteiger partial charge is 0.0714 e. The van der Waals surface area contributed by atoms with Crippen molar-refractivity contribution in [3.63, 3.8) is 0 Å². The SMILES string of the molecule is c1ccc(-c2cccc(-c3ccc(N(c4cc(-c5ccc6ccccc6c5)ccc4-c4ccccc4)c4cccc5c4-c4ccccc4C5(c4ccccc4)c4ccccc4)cc3)c2)cc1. The summed E-state index contributed by atoms with van der Waals surface area (Å²) in [5, 5.41) is 2.46. The second-order valence-electron chi connectivity index (χ2n) is 17.2. The average Bonchev–Trinajstić information content (AvgIpc) is 3.71. The van der Waals surface area contributed by atoms with Gasteiger partial charge in [-0.1, -0.05) is 237 Å². The molecule has 1 heteroatoms. The van der Waals surface area contributed by atoms with Gasteiger partial charge in [0, 0.05) is 16.8 Å². The van der Waals surface area contributed by atoms with Crippen LogP contribution in [0.25, 0.3) is 66.4 Å². The summed E-state index contributed by atoms with van der Waals surface area (Å²) >= 11 is 0. The van der Waals surface area contributed by atoms with Crippen LogP contribution in [0.1, 0.15) is 22.3 Å². The Hall–Kier alpha value is -8.52. The Morgan fingerprint density at radius 3 is 1.44 bits per heavy atom. The highest BCUT2D eigenvalue weighted by Crippen LogP contribution is 2.60. The zero-order chi connectivity index (χ0) is 43.9. The molecule has 0 fully saturated rings. The fraction of sp³-hybridized carbons (Fsp3) is 0.0154. The van der Waals surface area contributed by atoms with Crippen LogP contribution in [0.5, 0.6) is 0 Å². The Morgan fingerprint density at radius 2 is 0.742 bits per heavy atom. The molecule has 1 aliphatic rings. The van der Waals surface area contributed by atoms with E-state index in [1.165, 1.54) is 72.0 Å². The Bertz CT molecular complexity index is 3460. The van der Waals surface area contributed by atoms with Gasteiger partial charge in [-0.25, -0.2) is 0 Å². The molecular weight excluding hydrogens is 795 g/mol. The molecule has 0 aromatic heterocycles. The summed E-state index contributed by atoms with van der Waals surface area (Å²) in [6.45, 7) is 0. The number of anilines is 3. The number of hydrogen-bond donors (Lipinski definition) is 0. The molecule has 11 aromatic carbocycles. The van der Waals surface area contributed by atoms with Gasteiger partial charge in [0.15, 0.2) is 0 Å². The van der Waals surface area contributed by atoms with E-state index in [2.05, 4.69) is 278 Å². The largest absolute Gasteiger partial charge is 0.309 e. The number of fused-ring (bicyclic) bond motifs is 4. The molecule has 12 rings (SSSR count). The highest BCUT2D eigenvalue weighted by molar-refractivity contribution is 6.01. The Kier molecular flexibility index (Phi) is 9.81. The van der Waals surface area contributed by atoms with Crippen LogP contribution in [-0.2, 0) is 5.41 Å². The molecule has 0 saturated carbocycles. The van der Waals surface area contributed by atoms with Crippen molar-refractivity contribution in [2.75, 3.05) is 4.90 Å². The molecule has 11 aromatic rings. The highest BCUT2D eigenvalue weighted by Gasteiger charge is 2.47. The number of benzene rings is 11. The summed E-state index contributed by atoms with van der Waals surface area (Å²) in [7, 11) is 0. The molecule has 0 saturated heterocycles. The van der Waals surface area contributed by atoms with Crippen molar-refractivity contribution in [3.8, 4) is 55.6 Å². The molecule has 310 valence electrons. The molecule has 1 nitrogen and oxygen atoms in total. The molecule has 0 unspecified atom stereocenters. The van der Waals surface area contributed by atoms with E-state index >= 15 is 0 Å². The minimum atomic E-state index is -0.543. The van der Waals surface area contributed by atoms with Crippen LogP contribution >= 0.6 is 0 Å². The monoisotopic (exact) mass is 839 g/mol. The maximum absolute atomic E-state index is 2.53. The minimum absolute atomic E-state index is 0.543. The maximum atomic E-state index is 2.53. The number of hydrogen-bond acceptors (Lipinski definition) is 1. The van der Waals surface area contributed by atoms with Crippen molar-refractivity contribution in [1.29, 1.82) is 0 Å². The van der Waals surface area contributed by atoms with Crippen molar-refractivity contribution in [2.24, 2.45) is 0 Å². The van der Waals surface area contributed by atoms with Gasteiger partial charge in [-0.3, -0.25) is 0 Å². The van der Waals surface area contributed by atoms with Crippen molar-refractivity contribution < 1.29 is 0 Å². The van der Waals surface area contributed by atoms with Gasteiger partial charge in [0.2, 0.25) is 0 Å². The number of nitrogens with zero attached hydrogens (tertiary/aromatic N) is 1. The lowest BCUT2D eigenvalue weighted by molar-refractivity contribution is 0.768. The van der Waals surface area contributed by atoms with Gasteiger partial charge in [0.05, 0.1) is 16.8 Å². The topological polar surface area (TPSA) is 3.24 Å². The molecule has 66 heavy (non-hydrogen) atoms. The standard InChI is InChI=1S/C65H45N/c1-5-19-46(20-6-1)51-25-17-26-52(43-51)48-37-40-57(41-38-48)66(63-45-54(39-42-58(63)49-22-7-2-8-23-49)53-36-35-47-21-13-14-24-50(47)44-53)62-34-18-33-61-64(62)59-31-15-16-32-60(59)65(61,55-27-9-3-10-28-55)56-29-11-4-12-30-56/h1-45H. The normalized spacial score (nSPS) is 12.4. The first-order valence-electron chi connectivity index (χ1n) is 22.8. The third kappa shape index (κ3) is 6.64. The van der Waals surface area contributed by atoms with Crippen molar-refractivity contribution in [2.45, 2.75) is 5.41 Å². The Labute approximate surface area is 387 Å². The van der Waals surface area contributed by atoms with Crippen LogP contribution in [0.4, 0.5) is 17.1 Å². The lowest BCUT2D eigenvalue weighted by Gasteiger charge is -2.34. The van der Waals surface area contributed by atoms with Crippen molar-refractivity contribution >= 4 is 27.8 Å². The molecule has 0 radical (unpaired) electrons. The van der Waals surface area contributed by atoms with Crippen LogP contribution in [-0.4, -0.2) is 0 Å². The second kappa shape index (κ2) is 16.6. The Balaban J connectivity index is 1.13. The zero-order valence-corrected chi connectivity index (χ0v) is 36.4. The van der Waals surface area contributed by atoms with Gasteiger partial charge in [0.25, 0.3) is 0 Å². The van der Waals surface area contributed by atoms with Crippen LogP contribution in [0.2, 0.25) is 0 Å². The van der Waals surface area contributed by atoms with Gasteiger partial charge in [-0.15, -0.1) is 0 Å². The molecule has 0 N–H and O–H groups in total. The summed E-state index contributed by atoms with van der Waals surface area (Å²) in [5.41, 5.74) is 19.7. The lowest BCUT2D eigenvalue weighted by atomic mass is 9.68. The quantitative estimate of drug-likeness (QED) is 0.140. The molecule has 0 heterocycles. The third-order valence-corrected chi connectivity index (χ3v) is 13.5. The van der Waals surface area contributed by atoms with E-state index in [0.29, 0.717) is 0 Å².